The molecule has 3 rings (SSSR count). The third kappa shape index (κ3) is 4.73. The first-order chi connectivity index (χ1) is 12.1. The number of carbonyl (C=O) groups excluding carboxylic acids is 1. The Balaban J connectivity index is 1.40. The summed E-state index contributed by atoms with van der Waals surface area (Å²) in [4.78, 5) is 16.7. The van der Waals surface area contributed by atoms with E-state index in [9.17, 15) is 4.79 Å². The summed E-state index contributed by atoms with van der Waals surface area (Å²) < 4.78 is 4.93. The van der Waals surface area contributed by atoms with Gasteiger partial charge in [-0.15, -0.1) is 0 Å². The normalized spacial score (nSPS) is 16.5. The average molecular weight is 343 g/mol. The number of hydrogen-bond acceptors (Lipinski definition) is 5. The molecule has 2 N–H and O–H groups in total. The summed E-state index contributed by atoms with van der Waals surface area (Å²) in [6.45, 7) is 8.49. The van der Waals surface area contributed by atoms with E-state index in [1.54, 1.807) is 13.0 Å². The van der Waals surface area contributed by atoms with E-state index in [1.165, 1.54) is 5.69 Å². The predicted octanol–water partition coefficient (Wildman–Crippen LogP) is 2.32. The minimum atomic E-state index is -0.261. The van der Waals surface area contributed by atoms with E-state index in [0.717, 1.165) is 26.2 Å². The zero-order valence-corrected chi connectivity index (χ0v) is 14.7. The fourth-order valence-corrected chi connectivity index (χ4v) is 3.02. The lowest BCUT2D eigenvalue weighted by molar-refractivity contribution is 0.192. The van der Waals surface area contributed by atoms with Crippen molar-refractivity contribution in [3.8, 4) is 0 Å². The number of urea groups is 1. The molecule has 2 heterocycles. The molecule has 1 unspecified atom stereocenters. The largest absolute Gasteiger partial charge is 0.369 e. The van der Waals surface area contributed by atoms with Gasteiger partial charge in [0, 0.05) is 50.5 Å². The molecule has 134 valence electrons. The number of anilines is 2. The maximum Gasteiger partial charge on any atom is 0.320 e. The second-order valence-corrected chi connectivity index (χ2v) is 6.37. The Labute approximate surface area is 148 Å². The first-order valence-electron chi connectivity index (χ1n) is 8.64. The minimum absolute atomic E-state index is 0.261. The molecule has 0 saturated carbocycles. The molecule has 1 aromatic heterocycles. The van der Waals surface area contributed by atoms with Gasteiger partial charge in [0.05, 0.1) is 0 Å². The van der Waals surface area contributed by atoms with Crippen LogP contribution in [0.25, 0.3) is 0 Å². The van der Waals surface area contributed by atoms with Gasteiger partial charge < -0.3 is 14.7 Å². The summed E-state index contributed by atoms with van der Waals surface area (Å²) in [6, 6.07) is 12.2. The van der Waals surface area contributed by atoms with Crippen molar-refractivity contribution in [2.75, 3.05) is 42.9 Å². The average Bonchev–Trinajstić information content (AvgIpc) is 3.05. The van der Waals surface area contributed by atoms with Gasteiger partial charge in [0.1, 0.15) is 5.76 Å². The number of aromatic nitrogens is 1. The third-order valence-electron chi connectivity index (χ3n) is 4.49. The van der Waals surface area contributed by atoms with E-state index in [0.29, 0.717) is 18.1 Å². The van der Waals surface area contributed by atoms with Crippen molar-refractivity contribution in [2.24, 2.45) is 0 Å². The summed E-state index contributed by atoms with van der Waals surface area (Å²) in [5.74, 6) is 1.10. The van der Waals surface area contributed by atoms with E-state index in [1.807, 2.05) is 6.07 Å². The zero-order valence-electron chi connectivity index (χ0n) is 14.7. The molecule has 0 aliphatic carbocycles. The summed E-state index contributed by atoms with van der Waals surface area (Å²) >= 11 is 0. The van der Waals surface area contributed by atoms with Gasteiger partial charge in [0.25, 0.3) is 0 Å². The SMILES string of the molecule is Cc1cc(NC(=O)NCC(C)N2CCN(c3ccccc3)CC2)no1. The van der Waals surface area contributed by atoms with Crippen LogP contribution in [0.1, 0.15) is 12.7 Å². The molecular formula is C18H25N5O2. The fraction of sp³-hybridized carbons (Fsp3) is 0.444. The molecule has 1 fully saturated rings. The smallest absolute Gasteiger partial charge is 0.320 e. The molecule has 7 nitrogen and oxygen atoms in total. The second kappa shape index (κ2) is 8.02. The predicted molar refractivity (Wildman–Crippen MR) is 98.0 cm³/mol. The Morgan fingerprint density at radius 2 is 1.96 bits per heavy atom. The van der Waals surface area contributed by atoms with E-state index >= 15 is 0 Å². The van der Waals surface area contributed by atoms with Crippen molar-refractivity contribution in [1.29, 1.82) is 0 Å². The lowest BCUT2D eigenvalue weighted by atomic mass is 10.2. The highest BCUT2D eigenvalue weighted by atomic mass is 16.5. The van der Waals surface area contributed by atoms with Gasteiger partial charge in [0.15, 0.2) is 5.82 Å². The molecule has 0 bridgehead atoms. The Morgan fingerprint density at radius 3 is 2.60 bits per heavy atom. The number of aryl methyl sites for hydroxylation is 1. The van der Waals surface area contributed by atoms with Crippen LogP contribution >= 0.6 is 0 Å². The van der Waals surface area contributed by atoms with E-state index < -0.39 is 0 Å². The van der Waals surface area contributed by atoms with Crippen LogP contribution in [0.2, 0.25) is 0 Å². The highest BCUT2D eigenvalue weighted by molar-refractivity contribution is 5.88. The van der Waals surface area contributed by atoms with Crippen LogP contribution in [0.5, 0.6) is 0 Å². The lowest BCUT2D eigenvalue weighted by Gasteiger charge is -2.39. The van der Waals surface area contributed by atoms with Gasteiger partial charge in [-0.2, -0.15) is 0 Å². The third-order valence-corrected chi connectivity index (χ3v) is 4.49. The van der Waals surface area contributed by atoms with Gasteiger partial charge in [-0.05, 0) is 26.0 Å². The van der Waals surface area contributed by atoms with Crippen LogP contribution in [0.3, 0.4) is 0 Å². The molecule has 2 amide bonds. The number of amides is 2. The number of piperazine rings is 1. The van der Waals surface area contributed by atoms with Gasteiger partial charge in [-0.1, -0.05) is 23.4 Å². The first-order valence-corrected chi connectivity index (χ1v) is 8.64. The van der Waals surface area contributed by atoms with Crippen LogP contribution in [-0.4, -0.2) is 54.9 Å². The Kier molecular flexibility index (Phi) is 5.55. The van der Waals surface area contributed by atoms with Gasteiger partial charge >= 0.3 is 6.03 Å². The molecule has 2 aromatic rings. The topological polar surface area (TPSA) is 73.6 Å². The van der Waals surface area contributed by atoms with Gasteiger partial charge in [-0.25, -0.2) is 4.79 Å². The molecule has 1 aliphatic rings. The van der Waals surface area contributed by atoms with Crippen molar-refractivity contribution >= 4 is 17.5 Å². The summed E-state index contributed by atoms with van der Waals surface area (Å²) in [5, 5.41) is 9.31. The van der Waals surface area contributed by atoms with Crippen molar-refractivity contribution < 1.29 is 9.32 Å². The van der Waals surface area contributed by atoms with E-state index in [4.69, 9.17) is 4.52 Å². The maximum atomic E-state index is 11.9. The maximum absolute atomic E-state index is 11.9. The molecular weight excluding hydrogens is 318 g/mol. The number of benzene rings is 1. The number of para-hydroxylation sites is 1. The highest BCUT2D eigenvalue weighted by Gasteiger charge is 2.21. The molecule has 1 aliphatic heterocycles. The number of nitrogens with one attached hydrogen (secondary N) is 2. The molecule has 1 saturated heterocycles. The monoisotopic (exact) mass is 343 g/mol. The minimum Gasteiger partial charge on any atom is -0.369 e. The van der Waals surface area contributed by atoms with E-state index in [-0.39, 0.29) is 12.1 Å². The Morgan fingerprint density at radius 1 is 1.24 bits per heavy atom. The number of carbonyl (C=O) groups is 1. The fourth-order valence-electron chi connectivity index (χ4n) is 3.02. The van der Waals surface area contributed by atoms with Crippen LogP contribution in [0, 0.1) is 6.92 Å². The first kappa shape index (κ1) is 17.3. The quantitative estimate of drug-likeness (QED) is 0.871. The van der Waals surface area contributed by atoms with Crippen molar-refractivity contribution in [1.82, 2.24) is 15.4 Å². The summed E-state index contributed by atoms with van der Waals surface area (Å²) in [6.07, 6.45) is 0. The van der Waals surface area contributed by atoms with E-state index in [2.05, 4.69) is 56.8 Å². The number of hydrogen-bond donors (Lipinski definition) is 2. The van der Waals surface area contributed by atoms with Crippen molar-refractivity contribution in [2.45, 2.75) is 19.9 Å². The van der Waals surface area contributed by atoms with Crippen LogP contribution in [-0.2, 0) is 0 Å². The standard InChI is InChI=1S/C18H25N5O2/c1-14(13-19-18(24)20-17-12-15(2)25-21-17)22-8-10-23(11-9-22)16-6-4-3-5-7-16/h3-7,12,14H,8-11,13H2,1-2H3,(H2,19,20,21,24). The van der Waals surface area contributed by atoms with Crippen molar-refractivity contribution in [3.05, 3.63) is 42.2 Å². The molecule has 1 atom stereocenters. The zero-order chi connectivity index (χ0) is 17.6. The van der Waals surface area contributed by atoms with Gasteiger partial charge in [-0.3, -0.25) is 10.2 Å². The molecule has 25 heavy (non-hydrogen) atoms. The molecule has 0 radical (unpaired) electrons. The van der Waals surface area contributed by atoms with Crippen LogP contribution in [0.4, 0.5) is 16.3 Å². The Bertz CT molecular complexity index is 680. The summed E-state index contributed by atoms with van der Waals surface area (Å²) in [7, 11) is 0. The Hall–Kier alpha value is -2.54. The number of nitrogens with zero attached hydrogens (tertiary/aromatic N) is 3. The van der Waals surface area contributed by atoms with Crippen LogP contribution < -0.4 is 15.5 Å². The van der Waals surface area contributed by atoms with Crippen LogP contribution in [0.15, 0.2) is 40.9 Å². The highest BCUT2D eigenvalue weighted by Crippen LogP contribution is 2.16. The molecule has 1 aromatic carbocycles. The second-order valence-electron chi connectivity index (χ2n) is 6.37. The lowest BCUT2D eigenvalue weighted by Crippen LogP contribution is -2.52. The number of rotatable bonds is 5. The summed E-state index contributed by atoms with van der Waals surface area (Å²) in [5.41, 5.74) is 1.27. The molecule has 0 spiro atoms. The van der Waals surface area contributed by atoms with Crippen molar-refractivity contribution in [3.63, 3.8) is 0 Å². The molecule has 7 heteroatoms. The van der Waals surface area contributed by atoms with Gasteiger partial charge in [0.2, 0.25) is 0 Å².